The van der Waals surface area contributed by atoms with Crippen LogP contribution in [0.5, 0.6) is 0 Å². The number of thiazole rings is 1. The monoisotopic (exact) mass is 284 g/mol. The third-order valence-corrected chi connectivity index (χ3v) is 3.91. The normalized spacial score (nSPS) is 12.2. The maximum absolute atomic E-state index is 11.4. The zero-order valence-corrected chi connectivity index (χ0v) is 11.3. The highest BCUT2D eigenvalue weighted by Crippen LogP contribution is 2.28. The summed E-state index contributed by atoms with van der Waals surface area (Å²) in [6.07, 6.45) is 0. The standard InChI is InChI=1S/C15H12N2O2S/c18-14(19)13(10-6-2-1-3-7-10)17-15-16-11-8-4-5-9-12(11)20-15/h1-9,13H,(H,16,17)(H,18,19). The molecule has 1 aromatic heterocycles. The highest BCUT2D eigenvalue weighted by molar-refractivity contribution is 7.22. The third-order valence-electron chi connectivity index (χ3n) is 2.94. The summed E-state index contributed by atoms with van der Waals surface area (Å²) in [4.78, 5) is 15.8. The third kappa shape index (κ3) is 2.48. The quantitative estimate of drug-likeness (QED) is 0.769. The van der Waals surface area contributed by atoms with Crippen LogP contribution in [0.25, 0.3) is 10.2 Å². The number of carboxylic acids is 1. The lowest BCUT2D eigenvalue weighted by Gasteiger charge is -2.13. The lowest BCUT2D eigenvalue weighted by Crippen LogP contribution is -2.20. The number of fused-ring (bicyclic) bond motifs is 1. The van der Waals surface area contributed by atoms with Crippen molar-refractivity contribution in [1.82, 2.24) is 4.98 Å². The van der Waals surface area contributed by atoms with Crippen LogP contribution in [-0.2, 0) is 4.79 Å². The summed E-state index contributed by atoms with van der Waals surface area (Å²) in [5, 5.41) is 13.0. The molecule has 1 atom stereocenters. The second kappa shape index (κ2) is 5.30. The first-order valence-corrected chi connectivity index (χ1v) is 6.95. The molecule has 0 spiro atoms. The maximum atomic E-state index is 11.4. The van der Waals surface area contributed by atoms with E-state index in [4.69, 9.17) is 0 Å². The zero-order valence-electron chi connectivity index (χ0n) is 10.5. The molecule has 4 nitrogen and oxygen atoms in total. The Labute approximate surface area is 119 Å². The summed E-state index contributed by atoms with van der Waals surface area (Å²) >= 11 is 1.45. The fraction of sp³-hybridized carbons (Fsp3) is 0.0667. The van der Waals surface area contributed by atoms with Gasteiger partial charge in [-0.15, -0.1) is 0 Å². The van der Waals surface area contributed by atoms with Crippen LogP contribution in [0.15, 0.2) is 54.6 Å². The van der Waals surface area contributed by atoms with Crippen LogP contribution in [0.2, 0.25) is 0 Å². The van der Waals surface area contributed by atoms with Gasteiger partial charge in [0.1, 0.15) is 0 Å². The minimum atomic E-state index is -0.921. The molecule has 3 aromatic rings. The van der Waals surface area contributed by atoms with Crippen molar-refractivity contribution in [3.8, 4) is 0 Å². The molecule has 0 amide bonds. The summed E-state index contributed by atoms with van der Waals surface area (Å²) in [6, 6.07) is 16.0. The summed E-state index contributed by atoms with van der Waals surface area (Å²) in [5.74, 6) is -0.921. The smallest absolute Gasteiger partial charge is 0.330 e. The summed E-state index contributed by atoms with van der Waals surface area (Å²) in [5.41, 5.74) is 1.58. The number of benzene rings is 2. The maximum Gasteiger partial charge on any atom is 0.330 e. The van der Waals surface area contributed by atoms with Crippen LogP contribution in [0.1, 0.15) is 11.6 Å². The van der Waals surface area contributed by atoms with Gasteiger partial charge in [-0.25, -0.2) is 9.78 Å². The Kier molecular flexibility index (Phi) is 3.35. The molecule has 2 aromatic carbocycles. The molecule has 0 radical (unpaired) electrons. The number of anilines is 1. The highest BCUT2D eigenvalue weighted by Gasteiger charge is 2.20. The average Bonchev–Trinajstić information content (AvgIpc) is 2.88. The zero-order chi connectivity index (χ0) is 13.9. The number of aliphatic carboxylic acids is 1. The molecule has 0 saturated carbocycles. The summed E-state index contributed by atoms with van der Waals surface area (Å²) in [7, 11) is 0. The Balaban J connectivity index is 1.92. The van der Waals surface area contributed by atoms with E-state index < -0.39 is 12.0 Å². The Morgan fingerprint density at radius 2 is 1.80 bits per heavy atom. The number of nitrogens with zero attached hydrogens (tertiary/aromatic N) is 1. The Hall–Kier alpha value is -2.40. The van der Waals surface area contributed by atoms with Crippen LogP contribution >= 0.6 is 11.3 Å². The first kappa shape index (κ1) is 12.6. The van der Waals surface area contributed by atoms with Gasteiger partial charge in [-0.3, -0.25) is 0 Å². The van der Waals surface area contributed by atoms with Crippen LogP contribution < -0.4 is 5.32 Å². The predicted octanol–water partition coefficient (Wildman–Crippen LogP) is 3.53. The van der Waals surface area contributed by atoms with E-state index in [2.05, 4.69) is 10.3 Å². The fourth-order valence-electron chi connectivity index (χ4n) is 1.99. The first-order chi connectivity index (χ1) is 9.74. The minimum Gasteiger partial charge on any atom is -0.479 e. The van der Waals surface area contributed by atoms with Crippen molar-refractivity contribution >= 4 is 32.7 Å². The van der Waals surface area contributed by atoms with Gasteiger partial charge in [0.2, 0.25) is 0 Å². The molecule has 2 N–H and O–H groups in total. The van der Waals surface area contributed by atoms with Gasteiger partial charge >= 0.3 is 5.97 Å². The second-order valence-corrected chi connectivity index (χ2v) is 5.34. The number of nitrogens with one attached hydrogen (secondary N) is 1. The molecule has 0 saturated heterocycles. The van der Waals surface area contributed by atoms with E-state index >= 15 is 0 Å². The molecule has 100 valence electrons. The van der Waals surface area contributed by atoms with Crippen molar-refractivity contribution in [2.75, 3.05) is 5.32 Å². The molecule has 20 heavy (non-hydrogen) atoms. The number of hydrogen-bond donors (Lipinski definition) is 2. The van der Waals surface area contributed by atoms with Gasteiger partial charge in [0, 0.05) is 0 Å². The van der Waals surface area contributed by atoms with Gasteiger partial charge in [0.15, 0.2) is 11.2 Å². The minimum absolute atomic E-state index is 0.613. The van der Waals surface area contributed by atoms with E-state index in [9.17, 15) is 9.90 Å². The molecular weight excluding hydrogens is 272 g/mol. The van der Waals surface area contributed by atoms with Crippen molar-refractivity contribution in [3.63, 3.8) is 0 Å². The molecule has 1 heterocycles. The van der Waals surface area contributed by atoms with E-state index in [0.717, 1.165) is 10.2 Å². The van der Waals surface area contributed by atoms with Crippen molar-refractivity contribution in [2.24, 2.45) is 0 Å². The molecule has 0 aliphatic rings. The van der Waals surface area contributed by atoms with Crippen molar-refractivity contribution in [1.29, 1.82) is 0 Å². The van der Waals surface area contributed by atoms with Crippen LogP contribution in [0.4, 0.5) is 5.13 Å². The number of para-hydroxylation sites is 1. The average molecular weight is 284 g/mol. The molecule has 0 fully saturated rings. The van der Waals surface area contributed by atoms with Crippen molar-refractivity contribution in [2.45, 2.75) is 6.04 Å². The van der Waals surface area contributed by atoms with Gasteiger partial charge in [0.25, 0.3) is 0 Å². The van der Waals surface area contributed by atoms with Gasteiger partial charge in [-0.2, -0.15) is 0 Å². The number of hydrogen-bond acceptors (Lipinski definition) is 4. The largest absolute Gasteiger partial charge is 0.479 e. The van der Waals surface area contributed by atoms with Crippen LogP contribution in [-0.4, -0.2) is 16.1 Å². The highest BCUT2D eigenvalue weighted by atomic mass is 32.1. The van der Waals surface area contributed by atoms with Crippen molar-refractivity contribution < 1.29 is 9.90 Å². The van der Waals surface area contributed by atoms with Gasteiger partial charge in [0.05, 0.1) is 10.2 Å². The molecule has 0 aliphatic carbocycles. The number of carboxylic acid groups (broad SMARTS) is 1. The molecule has 3 rings (SSSR count). The Morgan fingerprint density at radius 3 is 2.50 bits per heavy atom. The predicted molar refractivity (Wildman–Crippen MR) is 80.1 cm³/mol. The fourth-order valence-corrected chi connectivity index (χ4v) is 2.88. The molecular formula is C15H12N2O2S. The van der Waals surface area contributed by atoms with Gasteiger partial charge in [-0.05, 0) is 17.7 Å². The molecule has 1 unspecified atom stereocenters. The van der Waals surface area contributed by atoms with E-state index in [1.54, 1.807) is 12.1 Å². The topological polar surface area (TPSA) is 62.2 Å². The number of aromatic nitrogens is 1. The van der Waals surface area contributed by atoms with Crippen LogP contribution in [0.3, 0.4) is 0 Å². The lowest BCUT2D eigenvalue weighted by atomic mass is 10.1. The van der Waals surface area contributed by atoms with Crippen molar-refractivity contribution in [3.05, 3.63) is 60.2 Å². The Morgan fingerprint density at radius 1 is 1.10 bits per heavy atom. The summed E-state index contributed by atoms with van der Waals surface area (Å²) < 4.78 is 1.03. The Bertz CT molecular complexity index is 707. The summed E-state index contributed by atoms with van der Waals surface area (Å²) in [6.45, 7) is 0. The first-order valence-electron chi connectivity index (χ1n) is 6.14. The van der Waals surface area contributed by atoms with E-state index in [1.165, 1.54) is 11.3 Å². The van der Waals surface area contributed by atoms with E-state index in [1.807, 2.05) is 42.5 Å². The molecule has 5 heteroatoms. The van der Waals surface area contributed by atoms with E-state index in [0.29, 0.717) is 10.7 Å². The lowest BCUT2D eigenvalue weighted by molar-refractivity contribution is -0.138. The SMILES string of the molecule is O=C(O)C(Nc1nc2ccccc2s1)c1ccccc1. The van der Waals surface area contributed by atoms with Gasteiger partial charge < -0.3 is 10.4 Å². The van der Waals surface area contributed by atoms with Crippen LogP contribution in [0, 0.1) is 0 Å². The molecule has 0 aliphatic heterocycles. The number of rotatable bonds is 4. The second-order valence-electron chi connectivity index (χ2n) is 4.31. The number of carbonyl (C=O) groups is 1. The molecule has 0 bridgehead atoms. The van der Waals surface area contributed by atoms with Gasteiger partial charge in [-0.1, -0.05) is 53.8 Å². The van der Waals surface area contributed by atoms with E-state index in [-0.39, 0.29) is 0 Å².